The van der Waals surface area contributed by atoms with E-state index in [0.29, 0.717) is 0 Å². The Morgan fingerprint density at radius 1 is 1.07 bits per heavy atom. The Bertz CT molecular complexity index is 540. The average Bonchev–Trinajstić information content (AvgIpc) is 2.57. The second kappa shape index (κ2) is 8.25. The molecule has 9 heteroatoms. The molecule has 1 aliphatic heterocycles. The maximum atomic E-state index is 11.2. The van der Waals surface area contributed by atoms with Crippen molar-refractivity contribution < 1.29 is 45.2 Å². The molecule has 0 unspecified atom stereocenters. The Labute approximate surface area is 164 Å². The molecule has 0 bridgehead atoms. The van der Waals surface area contributed by atoms with E-state index in [-0.39, 0.29) is 12.8 Å². The Morgan fingerprint density at radius 2 is 1.68 bits per heavy atom. The quantitative estimate of drug-likeness (QED) is 0.267. The summed E-state index contributed by atoms with van der Waals surface area (Å²) in [6.45, 7) is 5.93. The fraction of sp³-hybridized carbons (Fsp3) is 0.895. The summed E-state index contributed by atoms with van der Waals surface area (Å²) >= 11 is 0. The second-order valence-electron chi connectivity index (χ2n) is 8.89. The number of aliphatic hydroxyl groups is 7. The van der Waals surface area contributed by atoms with E-state index in [9.17, 15) is 35.7 Å². The maximum absolute atomic E-state index is 11.2. The summed E-state index contributed by atoms with van der Waals surface area (Å²) in [5.74, 6) is 0. The zero-order chi connectivity index (χ0) is 21.5. The van der Waals surface area contributed by atoms with Crippen LogP contribution < -0.4 is 0 Å². The molecule has 1 saturated carbocycles. The van der Waals surface area contributed by atoms with E-state index in [1.165, 1.54) is 26.0 Å². The maximum Gasteiger partial charge on any atom is 0.186 e. The first-order valence-corrected chi connectivity index (χ1v) is 9.54. The third-order valence-electron chi connectivity index (χ3n) is 6.01. The van der Waals surface area contributed by atoms with Crippen LogP contribution in [0.1, 0.15) is 40.5 Å². The van der Waals surface area contributed by atoms with Gasteiger partial charge in [0.15, 0.2) is 6.29 Å². The Morgan fingerprint density at radius 3 is 2.18 bits per heavy atom. The van der Waals surface area contributed by atoms with E-state index in [0.717, 1.165) is 0 Å². The van der Waals surface area contributed by atoms with Crippen molar-refractivity contribution in [3.05, 3.63) is 12.2 Å². The molecule has 1 aliphatic carbocycles. The number of hydrogen-bond acceptors (Lipinski definition) is 9. The molecule has 0 aromatic rings. The van der Waals surface area contributed by atoms with E-state index in [2.05, 4.69) is 0 Å². The smallest absolute Gasteiger partial charge is 0.186 e. The van der Waals surface area contributed by atoms with Crippen molar-refractivity contribution in [3.63, 3.8) is 0 Å². The topological polar surface area (TPSA) is 160 Å². The van der Waals surface area contributed by atoms with Gasteiger partial charge in [0, 0.05) is 11.8 Å². The highest BCUT2D eigenvalue weighted by atomic mass is 16.7. The minimum absolute atomic E-state index is 0.00784. The van der Waals surface area contributed by atoms with Gasteiger partial charge in [-0.1, -0.05) is 26.0 Å². The van der Waals surface area contributed by atoms with E-state index in [4.69, 9.17) is 9.47 Å². The molecule has 0 spiro atoms. The fourth-order valence-corrected chi connectivity index (χ4v) is 4.27. The third-order valence-corrected chi connectivity index (χ3v) is 6.01. The van der Waals surface area contributed by atoms with Crippen molar-refractivity contribution in [1.82, 2.24) is 0 Å². The number of ether oxygens (including phenoxy) is 2. The summed E-state index contributed by atoms with van der Waals surface area (Å²) < 4.78 is 11.2. The largest absolute Gasteiger partial charge is 0.394 e. The summed E-state index contributed by atoms with van der Waals surface area (Å²) in [4.78, 5) is 0. The predicted octanol–water partition coefficient (Wildman–Crippen LogP) is -1.59. The van der Waals surface area contributed by atoms with Crippen LogP contribution in [0.5, 0.6) is 0 Å². The summed E-state index contributed by atoms with van der Waals surface area (Å²) in [5, 5.41) is 71.0. The molecule has 0 aromatic carbocycles. The van der Waals surface area contributed by atoms with Crippen LogP contribution in [0.15, 0.2) is 12.2 Å². The third kappa shape index (κ3) is 4.28. The molecule has 0 amide bonds. The summed E-state index contributed by atoms with van der Waals surface area (Å²) in [6.07, 6.45) is -5.34. The molecular weight excluding hydrogens is 372 g/mol. The lowest BCUT2D eigenvalue weighted by atomic mass is 9.57. The molecule has 1 saturated heterocycles. The molecule has 2 aliphatic rings. The Balaban J connectivity index is 2.20. The van der Waals surface area contributed by atoms with Gasteiger partial charge in [0.1, 0.15) is 30.0 Å². The average molecular weight is 406 g/mol. The lowest BCUT2D eigenvalue weighted by Gasteiger charge is -2.56. The van der Waals surface area contributed by atoms with Crippen molar-refractivity contribution in [3.8, 4) is 0 Å². The zero-order valence-electron chi connectivity index (χ0n) is 16.8. The van der Waals surface area contributed by atoms with Gasteiger partial charge in [-0.25, -0.2) is 0 Å². The van der Waals surface area contributed by atoms with Crippen LogP contribution in [0, 0.1) is 5.41 Å². The van der Waals surface area contributed by atoms with Crippen LogP contribution in [0.3, 0.4) is 0 Å². The minimum Gasteiger partial charge on any atom is -0.394 e. The molecule has 0 radical (unpaired) electrons. The van der Waals surface area contributed by atoms with Crippen molar-refractivity contribution >= 4 is 0 Å². The first-order chi connectivity index (χ1) is 12.8. The molecule has 0 aromatic heterocycles. The van der Waals surface area contributed by atoms with Gasteiger partial charge in [0.25, 0.3) is 0 Å². The van der Waals surface area contributed by atoms with Gasteiger partial charge in [-0.2, -0.15) is 0 Å². The molecule has 7 N–H and O–H groups in total. The Hall–Kier alpha value is -0.620. The van der Waals surface area contributed by atoms with Crippen LogP contribution in [-0.4, -0.2) is 96.5 Å². The normalized spacial score (nSPS) is 48.0. The van der Waals surface area contributed by atoms with Crippen molar-refractivity contribution in [2.45, 2.75) is 94.7 Å². The summed E-state index contributed by atoms with van der Waals surface area (Å²) in [5.41, 5.74) is -4.15. The van der Waals surface area contributed by atoms with Gasteiger partial charge in [0.05, 0.1) is 24.4 Å². The second-order valence-corrected chi connectivity index (χ2v) is 8.89. The lowest BCUT2D eigenvalue weighted by Crippen LogP contribution is -2.66. The zero-order valence-corrected chi connectivity index (χ0v) is 16.8. The van der Waals surface area contributed by atoms with Crippen LogP contribution >= 0.6 is 0 Å². The first-order valence-electron chi connectivity index (χ1n) is 9.54. The van der Waals surface area contributed by atoms with Crippen LogP contribution in [-0.2, 0) is 9.47 Å². The number of hydrogen-bond donors (Lipinski definition) is 7. The highest BCUT2D eigenvalue weighted by molar-refractivity contribution is 5.21. The van der Waals surface area contributed by atoms with Gasteiger partial charge in [0.2, 0.25) is 0 Å². The number of aliphatic hydroxyl groups excluding tert-OH is 5. The lowest BCUT2D eigenvalue weighted by molar-refractivity contribution is -0.326. The van der Waals surface area contributed by atoms with Gasteiger partial charge >= 0.3 is 0 Å². The van der Waals surface area contributed by atoms with Crippen molar-refractivity contribution in [2.75, 3.05) is 6.61 Å². The Kier molecular flexibility index (Phi) is 6.97. The van der Waals surface area contributed by atoms with Crippen LogP contribution in [0.2, 0.25) is 0 Å². The predicted molar refractivity (Wildman–Crippen MR) is 98.0 cm³/mol. The van der Waals surface area contributed by atoms with E-state index < -0.39 is 66.1 Å². The molecule has 1 heterocycles. The monoisotopic (exact) mass is 406 g/mol. The summed E-state index contributed by atoms with van der Waals surface area (Å²) in [7, 11) is 0. The van der Waals surface area contributed by atoms with E-state index in [1.54, 1.807) is 13.8 Å². The molecule has 28 heavy (non-hydrogen) atoms. The molecule has 2 rings (SSSR count). The molecule has 9 atom stereocenters. The standard InChI is InChI=1S/C19H34O9/c1-10(21)5-6-19(26)17(2,3)7-11(8-18(19,4)25)27-16-15(24)14(23)13(22)12(9-20)28-16/h5-6,10-16,20-26H,7-9H2,1-4H3/t10-,11-,12-,13-,14+,15-,16-,18+,19+/m1/s1. The fourth-order valence-electron chi connectivity index (χ4n) is 4.27. The SMILES string of the molecule is C[C@@H](O)C=C[C@]1(O)C(C)(C)C[C@@H](O[C@@H]2O[C@H](CO)[C@@H](O)[C@H](O)[C@H]2O)C[C@]1(C)O. The van der Waals surface area contributed by atoms with Gasteiger partial charge in [-0.15, -0.1) is 0 Å². The highest BCUT2D eigenvalue weighted by Crippen LogP contribution is 2.51. The molecular formula is C19H34O9. The van der Waals surface area contributed by atoms with Crippen LogP contribution in [0.25, 0.3) is 0 Å². The molecule has 9 nitrogen and oxygen atoms in total. The summed E-state index contributed by atoms with van der Waals surface area (Å²) in [6, 6.07) is 0. The van der Waals surface area contributed by atoms with Gasteiger partial charge in [-0.3, -0.25) is 0 Å². The van der Waals surface area contributed by atoms with Crippen molar-refractivity contribution in [2.24, 2.45) is 5.41 Å². The molecule has 2 fully saturated rings. The first kappa shape index (κ1) is 23.7. The van der Waals surface area contributed by atoms with E-state index >= 15 is 0 Å². The van der Waals surface area contributed by atoms with Crippen LogP contribution in [0.4, 0.5) is 0 Å². The van der Waals surface area contributed by atoms with Gasteiger partial charge in [-0.05, 0) is 20.3 Å². The highest BCUT2D eigenvalue weighted by Gasteiger charge is 2.59. The van der Waals surface area contributed by atoms with Gasteiger partial charge < -0.3 is 45.2 Å². The van der Waals surface area contributed by atoms with Crippen molar-refractivity contribution in [1.29, 1.82) is 0 Å². The van der Waals surface area contributed by atoms with E-state index in [1.807, 2.05) is 0 Å². The minimum atomic E-state index is -1.65. The molecule has 164 valence electrons. The number of rotatable bonds is 5.